The Kier molecular flexibility index (Phi) is 5.74. The van der Waals surface area contributed by atoms with Crippen LogP contribution in [0.4, 0.5) is 0 Å². The molecule has 0 aromatic rings. The minimum Gasteiger partial charge on any atom is -0.327 e. The first-order chi connectivity index (χ1) is 9.13. The summed E-state index contributed by atoms with van der Waals surface area (Å²) in [5, 5.41) is 0. The largest absolute Gasteiger partial charge is 0.327 e. The third-order valence-corrected chi connectivity index (χ3v) is 6.29. The van der Waals surface area contributed by atoms with Crippen LogP contribution < -0.4 is 5.73 Å². The van der Waals surface area contributed by atoms with Crippen LogP contribution in [0.1, 0.15) is 78.6 Å². The number of rotatable bonds is 4. The van der Waals surface area contributed by atoms with Crippen LogP contribution in [0.15, 0.2) is 0 Å². The summed E-state index contributed by atoms with van der Waals surface area (Å²) in [5.74, 6) is 4.42. The fourth-order valence-electron chi connectivity index (χ4n) is 4.80. The summed E-state index contributed by atoms with van der Waals surface area (Å²) < 4.78 is 0. The zero-order valence-electron chi connectivity index (χ0n) is 13.4. The van der Waals surface area contributed by atoms with E-state index in [1.807, 2.05) is 0 Å². The van der Waals surface area contributed by atoms with Crippen molar-refractivity contribution >= 4 is 0 Å². The van der Waals surface area contributed by atoms with E-state index in [4.69, 9.17) is 5.73 Å². The molecule has 0 heterocycles. The Morgan fingerprint density at radius 2 is 1.47 bits per heavy atom. The minimum absolute atomic E-state index is 0.498. The number of hydrogen-bond donors (Lipinski definition) is 1. The molecule has 0 aromatic heterocycles. The van der Waals surface area contributed by atoms with Crippen LogP contribution in [-0.2, 0) is 0 Å². The van der Waals surface area contributed by atoms with Crippen LogP contribution in [0.3, 0.4) is 0 Å². The Morgan fingerprint density at radius 1 is 0.895 bits per heavy atom. The Bertz CT molecular complexity index is 252. The molecule has 0 amide bonds. The van der Waals surface area contributed by atoms with Gasteiger partial charge in [0.25, 0.3) is 0 Å². The van der Waals surface area contributed by atoms with Crippen molar-refractivity contribution in [1.29, 1.82) is 0 Å². The highest BCUT2D eigenvalue weighted by atomic mass is 14.7. The molecule has 0 bridgehead atoms. The second kappa shape index (κ2) is 7.11. The molecule has 3 unspecified atom stereocenters. The van der Waals surface area contributed by atoms with E-state index in [0.29, 0.717) is 6.04 Å². The van der Waals surface area contributed by atoms with Crippen molar-refractivity contribution in [3.8, 4) is 0 Å². The predicted octanol–water partition coefficient (Wildman–Crippen LogP) is 4.99. The molecule has 3 atom stereocenters. The molecular formula is C18H35N. The normalized spacial score (nSPS) is 38.4. The first kappa shape index (κ1) is 15.4. The SMILES string of the molecule is CCC1CCCCC1C(N)C1CCC(C(C)C)CC1. The van der Waals surface area contributed by atoms with Gasteiger partial charge in [-0.15, -0.1) is 0 Å². The summed E-state index contributed by atoms with van der Waals surface area (Å²) in [6, 6.07) is 0.498. The average Bonchev–Trinajstić information content (AvgIpc) is 2.46. The van der Waals surface area contributed by atoms with Crippen molar-refractivity contribution in [3.63, 3.8) is 0 Å². The Balaban J connectivity index is 1.87. The van der Waals surface area contributed by atoms with Gasteiger partial charge in [0, 0.05) is 6.04 Å². The van der Waals surface area contributed by atoms with E-state index in [1.54, 1.807) is 0 Å². The lowest BCUT2D eigenvalue weighted by Crippen LogP contribution is -2.43. The van der Waals surface area contributed by atoms with Crippen molar-refractivity contribution in [2.24, 2.45) is 35.3 Å². The lowest BCUT2D eigenvalue weighted by molar-refractivity contribution is 0.122. The molecule has 112 valence electrons. The van der Waals surface area contributed by atoms with Gasteiger partial charge < -0.3 is 5.73 Å². The number of nitrogens with two attached hydrogens (primary N) is 1. The van der Waals surface area contributed by atoms with Gasteiger partial charge in [-0.3, -0.25) is 0 Å². The monoisotopic (exact) mass is 265 g/mol. The van der Waals surface area contributed by atoms with E-state index < -0.39 is 0 Å². The first-order valence-corrected chi connectivity index (χ1v) is 8.89. The van der Waals surface area contributed by atoms with Crippen molar-refractivity contribution < 1.29 is 0 Å². The molecule has 0 aliphatic heterocycles. The molecule has 2 N–H and O–H groups in total. The van der Waals surface area contributed by atoms with Gasteiger partial charge in [0.1, 0.15) is 0 Å². The Labute approximate surface area is 120 Å². The molecule has 2 aliphatic rings. The molecule has 2 saturated carbocycles. The molecule has 2 fully saturated rings. The Hall–Kier alpha value is -0.0400. The first-order valence-electron chi connectivity index (χ1n) is 8.89. The molecule has 0 saturated heterocycles. The minimum atomic E-state index is 0.498. The average molecular weight is 265 g/mol. The van der Waals surface area contributed by atoms with E-state index in [9.17, 15) is 0 Å². The van der Waals surface area contributed by atoms with Crippen molar-refractivity contribution in [1.82, 2.24) is 0 Å². The van der Waals surface area contributed by atoms with Crippen molar-refractivity contribution in [3.05, 3.63) is 0 Å². The highest BCUT2D eigenvalue weighted by Gasteiger charge is 2.35. The fraction of sp³-hybridized carbons (Fsp3) is 1.00. The second-order valence-corrected chi connectivity index (χ2v) is 7.61. The maximum atomic E-state index is 6.71. The lowest BCUT2D eigenvalue weighted by atomic mass is 9.66. The van der Waals surface area contributed by atoms with Gasteiger partial charge in [0.05, 0.1) is 0 Å². The summed E-state index contributed by atoms with van der Waals surface area (Å²) in [7, 11) is 0. The van der Waals surface area contributed by atoms with E-state index in [2.05, 4.69) is 20.8 Å². The maximum absolute atomic E-state index is 6.71. The van der Waals surface area contributed by atoms with Gasteiger partial charge >= 0.3 is 0 Å². The molecule has 0 radical (unpaired) electrons. The van der Waals surface area contributed by atoms with Crippen LogP contribution in [0.5, 0.6) is 0 Å². The summed E-state index contributed by atoms with van der Waals surface area (Å²) in [6.45, 7) is 7.14. The smallest absolute Gasteiger partial charge is 0.00982 e. The highest BCUT2D eigenvalue weighted by Crippen LogP contribution is 2.41. The molecule has 0 aromatic carbocycles. The molecular weight excluding hydrogens is 230 g/mol. The van der Waals surface area contributed by atoms with Crippen molar-refractivity contribution in [2.75, 3.05) is 0 Å². The molecule has 2 aliphatic carbocycles. The van der Waals surface area contributed by atoms with E-state index in [-0.39, 0.29) is 0 Å². The van der Waals surface area contributed by atoms with Crippen LogP contribution in [0.2, 0.25) is 0 Å². The van der Waals surface area contributed by atoms with Crippen LogP contribution in [-0.4, -0.2) is 6.04 Å². The lowest BCUT2D eigenvalue weighted by Gasteiger charge is -2.41. The van der Waals surface area contributed by atoms with Gasteiger partial charge in [-0.05, 0) is 61.7 Å². The fourth-order valence-corrected chi connectivity index (χ4v) is 4.80. The molecule has 2 rings (SSSR count). The zero-order chi connectivity index (χ0) is 13.8. The molecule has 1 heteroatoms. The molecule has 0 spiro atoms. The zero-order valence-corrected chi connectivity index (χ0v) is 13.4. The predicted molar refractivity (Wildman–Crippen MR) is 84.0 cm³/mol. The van der Waals surface area contributed by atoms with E-state index in [0.717, 1.165) is 29.6 Å². The number of hydrogen-bond acceptors (Lipinski definition) is 1. The topological polar surface area (TPSA) is 26.0 Å². The van der Waals surface area contributed by atoms with Crippen LogP contribution in [0, 0.1) is 29.6 Å². The third kappa shape index (κ3) is 3.74. The summed E-state index contributed by atoms with van der Waals surface area (Å²) in [5.41, 5.74) is 6.71. The van der Waals surface area contributed by atoms with Gasteiger partial charge in [-0.1, -0.05) is 46.5 Å². The quantitative estimate of drug-likeness (QED) is 0.761. The summed E-state index contributed by atoms with van der Waals surface area (Å²) in [4.78, 5) is 0. The van der Waals surface area contributed by atoms with E-state index in [1.165, 1.54) is 57.8 Å². The van der Waals surface area contributed by atoms with Crippen LogP contribution >= 0.6 is 0 Å². The molecule has 1 nitrogen and oxygen atoms in total. The van der Waals surface area contributed by atoms with E-state index >= 15 is 0 Å². The van der Waals surface area contributed by atoms with Gasteiger partial charge in [-0.25, -0.2) is 0 Å². The van der Waals surface area contributed by atoms with Gasteiger partial charge in [-0.2, -0.15) is 0 Å². The summed E-state index contributed by atoms with van der Waals surface area (Å²) >= 11 is 0. The standard InChI is InChI=1S/C18H35N/c1-4-14-7-5-6-8-17(14)18(19)16-11-9-15(10-12-16)13(2)3/h13-18H,4-12,19H2,1-3H3. The summed E-state index contributed by atoms with van der Waals surface area (Å²) in [6.07, 6.45) is 12.7. The second-order valence-electron chi connectivity index (χ2n) is 7.61. The third-order valence-electron chi connectivity index (χ3n) is 6.29. The van der Waals surface area contributed by atoms with Crippen LogP contribution in [0.25, 0.3) is 0 Å². The highest BCUT2D eigenvalue weighted by molar-refractivity contribution is 4.89. The van der Waals surface area contributed by atoms with Gasteiger partial charge in [0.15, 0.2) is 0 Å². The Morgan fingerprint density at radius 3 is 2.05 bits per heavy atom. The van der Waals surface area contributed by atoms with Gasteiger partial charge in [0.2, 0.25) is 0 Å². The van der Waals surface area contributed by atoms with Crippen molar-refractivity contribution in [2.45, 2.75) is 84.6 Å². The molecule has 19 heavy (non-hydrogen) atoms. The maximum Gasteiger partial charge on any atom is 0.00982 e.